The Labute approximate surface area is 124 Å². The number of anilines is 1. The summed E-state index contributed by atoms with van der Waals surface area (Å²) in [5.41, 5.74) is 1.35. The fourth-order valence-corrected chi connectivity index (χ4v) is 3.42. The van der Waals surface area contributed by atoms with Gasteiger partial charge in [0.1, 0.15) is 6.07 Å². The Morgan fingerprint density at radius 1 is 1.50 bits per heavy atom. The van der Waals surface area contributed by atoms with Crippen molar-refractivity contribution >= 4 is 27.3 Å². The van der Waals surface area contributed by atoms with Crippen LogP contribution < -0.4 is 9.62 Å². The molecule has 1 N–H and O–H groups in total. The van der Waals surface area contributed by atoms with Crippen LogP contribution in [0.3, 0.4) is 0 Å². The zero-order valence-corrected chi connectivity index (χ0v) is 12.7. The van der Waals surface area contributed by atoms with Crippen molar-refractivity contribution in [3.8, 4) is 6.07 Å². The molecule has 1 unspecified atom stereocenters. The number of nitrogens with zero attached hydrogens (tertiary/aromatic N) is 2. The summed E-state index contributed by atoms with van der Waals surface area (Å²) in [6.45, 7) is 1.46. The smallest absolute Gasteiger partial charge is 0.209 e. The van der Waals surface area contributed by atoms with E-state index in [4.69, 9.17) is 16.9 Å². The average molecular weight is 314 g/mol. The molecule has 0 aromatic heterocycles. The Bertz CT molecular complexity index is 640. The van der Waals surface area contributed by atoms with E-state index in [1.54, 1.807) is 12.1 Å². The van der Waals surface area contributed by atoms with E-state index in [2.05, 4.69) is 9.62 Å². The topological polar surface area (TPSA) is 73.2 Å². The molecule has 0 bridgehead atoms. The zero-order valence-electron chi connectivity index (χ0n) is 11.1. The largest absolute Gasteiger partial charge is 0.370 e. The van der Waals surface area contributed by atoms with Crippen molar-refractivity contribution in [2.45, 2.75) is 18.9 Å². The molecule has 0 amide bonds. The summed E-state index contributed by atoms with van der Waals surface area (Å²) in [5, 5.41) is 9.28. The number of piperidine rings is 1. The van der Waals surface area contributed by atoms with Gasteiger partial charge in [-0.3, -0.25) is 0 Å². The molecule has 0 spiro atoms. The molecule has 1 fully saturated rings. The lowest BCUT2D eigenvalue weighted by atomic mass is 10.1. The van der Waals surface area contributed by atoms with E-state index in [-0.39, 0.29) is 6.04 Å². The van der Waals surface area contributed by atoms with Crippen LogP contribution in [0.1, 0.15) is 18.4 Å². The van der Waals surface area contributed by atoms with Crippen LogP contribution in [0.2, 0.25) is 5.02 Å². The molecule has 1 saturated heterocycles. The SMILES string of the molecule is CS(=O)(=O)NC1CCCN(c2ccc(C#N)c(Cl)c2)C1. The molecule has 0 radical (unpaired) electrons. The highest BCUT2D eigenvalue weighted by Gasteiger charge is 2.22. The van der Waals surface area contributed by atoms with E-state index in [9.17, 15) is 8.42 Å². The van der Waals surface area contributed by atoms with Crippen LogP contribution in [0.5, 0.6) is 0 Å². The van der Waals surface area contributed by atoms with Crippen molar-refractivity contribution in [3.63, 3.8) is 0 Å². The first-order valence-corrected chi connectivity index (χ1v) is 8.58. The Kier molecular flexibility index (Phi) is 4.53. The van der Waals surface area contributed by atoms with Crippen LogP contribution in [-0.4, -0.2) is 33.8 Å². The van der Waals surface area contributed by atoms with E-state index in [0.717, 1.165) is 25.1 Å². The summed E-state index contributed by atoms with van der Waals surface area (Å²) in [6.07, 6.45) is 2.91. The molecule has 1 aliphatic rings. The Morgan fingerprint density at radius 2 is 2.25 bits per heavy atom. The highest BCUT2D eigenvalue weighted by atomic mass is 35.5. The number of nitrogens with one attached hydrogen (secondary N) is 1. The minimum Gasteiger partial charge on any atom is -0.370 e. The normalized spacial score (nSPS) is 19.6. The average Bonchev–Trinajstić information content (AvgIpc) is 2.37. The van der Waals surface area contributed by atoms with Gasteiger partial charge < -0.3 is 4.90 Å². The molecule has 0 aliphatic carbocycles. The van der Waals surface area contributed by atoms with E-state index >= 15 is 0 Å². The third kappa shape index (κ3) is 3.85. The van der Waals surface area contributed by atoms with Gasteiger partial charge in [-0.05, 0) is 31.0 Å². The summed E-state index contributed by atoms with van der Waals surface area (Å²) >= 11 is 6.03. The minimum atomic E-state index is -3.19. The second-order valence-corrected chi connectivity index (χ2v) is 7.14. The number of benzene rings is 1. The van der Waals surface area contributed by atoms with E-state index in [1.165, 1.54) is 6.26 Å². The molecule has 1 atom stereocenters. The summed E-state index contributed by atoms with van der Waals surface area (Å²) in [4.78, 5) is 2.08. The number of rotatable bonds is 3. The first kappa shape index (κ1) is 15.1. The molecule has 2 rings (SSSR count). The Balaban J connectivity index is 2.13. The number of sulfonamides is 1. The Morgan fingerprint density at radius 3 is 2.85 bits per heavy atom. The summed E-state index contributed by atoms with van der Waals surface area (Å²) in [5.74, 6) is 0. The van der Waals surface area contributed by atoms with Crippen LogP contribution in [0.25, 0.3) is 0 Å². The lowest BCUT2D eigenvalue weighted by molar-refractivity contribution is 0.467. The summed E-state index contributed by atoms with van der Waals surface area (Å²) in [6, 6.07) is 7.21. The van der Waals surface area contributed by atoms with Crippen molar-refractivity contribution < 1.29 is 8.42 Å². The van der Waals surface area contributed by atoms with Gasteiger partial charge in [-0.1, -0.05) is 11.6 Å². The first-order chi connectivity index (χ1) is 9.39. The van der Waals surface area contributed by atoms with Gasteiger partial charge in [-0.25, -0.2) is 13.1 Å². The maximum atomic E-state index is 11.3. The van der Waals surface area contributed by atoms with Crippen molar-refractivity contribution in [3.05, 3.63) is 28.8 Å². The number of halogens is 1. The van der Waals surface area contributed by atoms with Gasteiger partial charge in [0, 0.05) is 24.8 Å². The van der Waals surface area contributed by atoms with Crippen LogP contribution in [0, 0.1) is 11.3 Å². The molecule has 1 aromatic rings. The standard InChI is InChI=1S/C13H16ClN3O2S/c1-20(18,19)16-11-3-2-6-17(9-11)12-5-4-10(8-15)13(14)7-12/h4-5,7,11,16H,2-3,6,9H2,1H3. The maximum Gasteiger partial charge on any atom is 0.209 e. The van der Waals surface area contributed by atoms with Gasteiger partial charge in [0.05, 0.1) is 16.8 Å². The molecule has 7 heteroatoms. The first-order valence-electron chi connectivity index (χ1n) is 6.31. The van der Waals surface area contributed by atoms with Gasteiger partial charge >= 0.3 is 0 Å². The molecular weight excluding hydrogens is 298 g/mol. The van der Waals surface area contributed by atoms with Crippen LogP contribution in [0.4, 0.5) is 5.69 Å². The molecule has 5 nitrogen and oxygen atoms in total. The molecule has 20 heavy (non-hydrogen) atoms. The number of hydrogen-bond donors (Lipinski definition) is 1. The lowest BCUT2D eigenvalue weighted by Crippen LogP contribution is -2.47. The summed E-state index contributed by atoms with van der Waals surface area (Å²) in [7, 11) is -3.19. The number of hydrogen-bond acceptors (Lipinski definition) is 4. The molecule has 0 saturated carbocycles. The lowest BCUT2D eigenvalue weighted by Gasteiger charge is -2.34. The third-order valence-electron chi connectivity index (χ3n) is 3.24. The molecule has 1 aliphatic heterocycles. The zero-order chi connectivity index (χ0) is 14.8. The predicted molar refractivity (Wildman–Crippen MR) is 79.4 cm³/mol. The maximum absolute atomic E-state index is 11.3. The fraction of sp³-hybridized carbons (Fsp3) is 0.462. The minimum absolute atomic E-state index is 0.0897. The van der Waals surface area contributed by atoms with Gasteiger partial charge in [-0.15, -0.1) is 0 Å². The quantitative estimate of drug-likeness (QED) is 0.922. The van der Waals surface area contributed by atoms with E-state index in [1.807, 2.05) is 12.1 Å². The summed E-state index contributed by atoms with van der Waals surface area (Å²) < 4.78 is 25.2. The van der Waals surface area contributed by atoms with Crippen LogP contribution in [0.15, 0.2) is 18.2 Å². The Hall–Kier alpha value is -1.29. The fourth-order valence-electron chi connectivity index (χ4n) is 2.40. The highest BCUT2D eigenvalue weighted by molar-refractivity contribution is 7.88. The molecular formula is C13H16ClN3O2S. The van der Waals surface area contributed by atoms with Crippen molar-refractivity contribution in [1.82, 2.24) is 4.72 Å². The molecule has 1 aromatic carbocycles. The highest BCUT2D eigenvalue weighted by Crippen LogP contribution is 2.25. The van der Waals surface area contributed by atoms with Gasteiger partial charge in [0.25, 0.3) is 0 Å². The second kappa shape index (κ2) is 6.00. The van der Waals surface area contributed by atoms with E-state index in [0.29, 0.717) is 17.1 Å². The molecule has 1 heterocycles. The van der Waals surface area contributed by atoms with Gasteiger partial charge in [0.2, 0.25) is 10.0 Å². The van der Waals surface area contributed by atoms with Crippen LogP contribution >= 0.6 is 11.6 Å². The second-order valence-electron chi connectivity index (χ2n) is 4.95. The van der Waals surface area contributed by atoms with Crippen molar-refractivity contribution in [1.29, 1.82) is 5.26 Å². The van der Waals surface area contributed by atoms with Gasteiger partial charge in [-0.2, -0.15) is 5.26 Å². The molecule has 108 valence electrons. The number of nitriles is 1. The van der Waals surface area contributed by atoms with Crippen molar-refractivity contribution in [2.75, 3.05) is 24.2 Å². The van der Waals surface area contributed by atoms with Gasteiger partial charge in [0.15, 0.2) is 0 Å². The van der Waals surface area contributed by atoms with Crippen molar-refractivity contribution in [2.24, 2.45) is 0 Å². The van der Waals surface area contributed by atoms with Crippen LogP contribution in [-0.2, 0) is 10.0 Å². The monoisotopic (exact) mass is 313 g/mol. The predicted octanol–water partition coefficient (Wildman–Crippen LogP) is 1.73. The van der Waals surface area contributed by atoms with E-state index < -0.39 is 10.0 Å². The third-order valence-corrected chi connectivity index (χ3v) is 4.31.